The summed E-state index contributed by atoms with van der Waals surface area (Å²) in [6, 6.07) is 6.17. The molecule has 1 aliphatic heterocycles. The number of aryl methyl sites for hydroxylation is 1. The van der Waals surface area contributed by atoms with Crippen molar-refractivity contribution in [2.45, 2.75) is 39.3 Å². The van der Waals surface area contributed by atoms with Gasteiger partial charge in [-0.05, 0) is 56.0 Å². The van der Waals surface area contributed by atoms with Gasteiger partial charge in [-0.1, -0.05) is 0 Å². The number of pyridine rings is 3. The topological polar surface area (TPSA) is 94.2 Å². The fraction of sp³-hybridized carbons (Fsp3) is 0.417. The number of piperazine rings is 1. The molecule has 166 valence electrons. The highest BCUT2D eigenvalue weighted by Crippen LogP contribution is 2.21. The van der Waals surface area contributed by atoms with E-state index in [9.17, 15) is 9.59 Å². The number of anilines is 1. The maximum Gasteiger partial charge on any atom is 0.270 e. The number of hydrogen-bond acceptors (Lipinski definition) is 6. The van der Waals surface area contributed by atoms with Gasteiger partial charge in [-0.2, -0.15) is 0 Å². The summed E-state index contributed by atoms with van der Waals surface area (Å²) in [5, 5.41) is 2.97. The molecule has 4 heterocycles. The first-order chi connectivity index (χ1) is 15.5. The monoisotopic (exact) mass is 432 g/mol. The van der Waals surface area contributed by atoms with Crippen molar-refractivity contribution in [3.05, 3.63) is 63.3 Å². The summed E-state index contributed by atoms with van der Waals surface area (Å²) in [5.74, 6) is -0.0837. The van der Waals surface area contributed by atoms with Crippen LogP contribution in [0.15, 0.2) is 35.4 Å². The predicted octanol–water partition coefficient (Wildman–Crippen LogP) is 2.15. The minimum atomic E-state index is -0.0837. The molecule has 2 N–H and O–H groups in total. The molecule has 0 aromatic carbocycles. The fourth-order valence-corrected chi connectivity index (χ4v) is 4.17. The normalized spacial score (nSPS) is 17.0. The summed E-state index contributed by atoms with van der Waals surface area (Å²) >= 11 is 0. The molecule has 1 saturated carbocycles. The first-order valence-corrected chi connectivity index (χ1v) is 11.2. The number of nitrogens with one attached hydrogen (secondary N) is 2. The summed E-state index contributed by atoms with van der Waals surface area (Å²) in [5.41, 5.74) is 5.89. The molecule has 32 heavy (non-hydrogen) atoms. The number of amides is 1. The quantitative estimate of drug-likeness (QED) is 0.642. The van der Waals surface area contributed by atoms with E-state index in [0.717, 1.165) is 79.0 Å². The highest BCUT2D eigenvalue weighted by molar-refractivity contribution is 5.92. The number of rotatable bonds is 5. The summed E-state index contributed by atoms with van der Waals surface area (Å²) in [6.45, 7) is 8.20. The van der Waals surface area contributed by atoms with Gasteiger partial charge < -0.3 is 15.2 Å². The Kier molecular flexibility index (Phi) is 5.38. The lowest BCUT2D eigenvalue weighted by Gasteiger charge is -2.36. The lowest BCUT2D eigenvalue weighted by atomic mass is 10.1. The molecule has 3 aromatic heterocycles. The van der Waals surface area contributed by atoms with Crippen LogP contribution in [0.3, 0.4) is 0 Å². The van der Waals surface area contributed by atoms with Crippen molar-refractivity contribution in [2.24, 2.45) is 0 Å². The molecular formula is C24H28N6O2. The molecule has 5 rings (SSSR count). The molecule has 8 heteroatoms. The third-order valence-corrected chi connectivity index (χ3v) is 6.49. The molecule has 2 aliphatic rings. The van der Waals surface area contributed by atoms with Gasteiger partial charge in [-0.15, -0.1) is 0 Å². The van der Waals surface area contributed by atoms with Gasteiger partial charge in [0.1, 0.15) is 5.69 Å². The number of carbonyl (C=O) groups excluding carboxylic acids is 1. The number of fused-ring (bicyclic) bond motifs is 1. The standard InChI is InChI=1S/C24H28N6O2/c1-15-16(2)23(31)28-21-11-17(12-26-22(15)21)14-29-7-9-30(10-8-29)19-5-6-20(25-13-19)24(32)27-18-3-4-18/h5-6,11-13,18H,3-4,7-10,14H2,1-2H3,(H,27,32)(H,28,31). The molecule has 3 aromatic rings. The van der Waals surface area contributed by atoms with Gasteiger partial charge in [0.2, 0.25) is 0 Å². The molecule has 0 unspecified atom stereocenters. The Morgan fingerprint density at radius 3 is 2.56 bits per heavy atom. The van der Waals surface area contributed by atoms with Crippen molar-refractivity contribution in [1.82, 2.24) is 25.2 Å². The zero-order chi connectivity index (χ0) is 22.2. The minimum absolute atomic E-state index is 0.0489. The summed E-state index contributed by atoms with van der Waals surface area (Å²) in [7, 11) is 0. The van der Waals surface area contributed by atoms with Crippen LogP contribution in [0.1, 0.15) is 40.0 Å². The molecule has 1 saturated heterocycles. The van der Waals surface area contributed by atoms with E-state index in [1.165, 1.54) is 0 Å². The third-order valence-electron chi connectivity index (χ3n) is 6.49. The average molecular weight is 433 g/mol. The van der Waals surface area contributed by atoms with Crippen LogP contribution in [0.4, 0.5) is 5.69 Å². The molecule has 0 spiro atoms. The van der Waals surface area contributed by atoms with E-state index in [1.807, 2.05) is 38.2 Å². The number of H-pyrrole nitrogens is 1. The maximum absolute atomic E-state index is 12.1. The average Bonchev–Trinajstić information content (AvgIpc) is 3.62. The maximum atomic E-state index is 12.1. The fourth-order valence-electron chi connectivity index (χ4n) is 4.17. The van der Waals surface area contributed by atoms with Crippen molar-refractivity contribution in [3.8, 4) is 0 Å². The molecule has 1 amide bonds. The molecular weight excluding hydrogens is 404 g/mol. The van der Waals surface area contributed by atoms with E-state index < -0.39 is 0 Å². The number of aromatic amines is 1. The van der Waals surface area contributed by atoms with Crippen LogP contribution in [0, 0.1) is 13.8 Å². The highest BCUT2D eigenvalue weighted by Gasteiger charge is 2.24. The van der Waals surface area contributed by atoms with E-state index in [4.69, 9.17) is 0 Å². The van der Waals surface area contributed by atoms with E-state index >= 15 is 0 Å². The van der Waals surface area contributed by atoms with Crippen molar-refractivity contribution < 1.29 is 4.79 Å². The molecule has 0 atom stereocenters. The second kappa shape index (κ2) is 8.35. The number of nitrogens with zero attached hydrogens (tertiary/aromatic N) is 4. The Bertz CT molecular complexity index is 1210. The third kappa shape index (κ3) is 4.23. The Morgan fingerprint density at radius 2 is 1.88 bits per heavy atom. The second-order valence-electron chi connectivity index (χ2n) is 8.86. The van der Waals surface area contributed by atoms with Crippen molar-refractivity contribution in [1.29, 1.82) is 0 Å². The largest absolute Gasteiger partial charge is 0.368 e. The van der Waals surface area contributed by atoms with Crippen LogP contribution in [0.25, 0.3) is 11.0 Å². The Balaban J connectivity index is 1.20. The van der Waals surface area contributed by atoms with Gasteiger partial charge in [0.05, 0.1) is 22.9 Å². The number of carbonyl (C=O) groups is 1. The predicted molar refractivity (Wildman–Crippen MR) is 124 cm³/mol. The molecule has 8 nitrogen and oxygen atoms in total. The lowest BCUT2D eigenvalue weighted by Crippen LogP contribution is -2.46. The Labute approximate surface area is 186 Å². The SMILES string of the molecule is Cc1c(C)c2ncc(CN3CCN(c4ccc(C(=O)NC5CC5)nc4)CC3)cc2[nH]c1=O. The van der Waals surface area contributed by atoms with E-state index in [-0.39, 0.29) is 11.5 Å². The van der Waals surface area contributed by atoms with E-state index in [1.54, 1.807) is 6.20 Å². The summed E-state index contributed by atoms with van der Waals surface area (Å²) in [6.07, 6.45) is 5.85. The first kappa shape index (κ1) is 20.6. The lowest BCUT2D eigenvalue weighted by molar-refractivity contribution is 0.0946. The van der Waals surface area contributed by atoms with Crippen molar-refractivity contribution in [2.75, 3.05) is 31.1 Å². The van der Waals surface area contributed by atoms with Crippen LogP contribution >= 0.6 is 0 Å². The minimum Gasteiger partial charge on any atom is -0.368 e. The molecule has 0 radical (unpaired) electrons. The number of hydrogen-bond donors (Lipinski definition) is 2. The zero-order valence-corrected chi connectivity index (χ0v) is 18.5. The molecule has 2 fully saturated rings. The Morgan fingerprint density at radius 1 is 1.09 bits per heavy atom. The van der Waals surface area contributed by atoms with Gasteiger partial charge in [-0.3, -0.25) is 19.5 Å². The van der Waals surface area contributed by atoms with Crippen molar-refractivity contribution in [3.63, 3.8) is 0 Å². The first-order valence-electron chi connectivity index (χ1n) is 11.2. The van der Waals surface area contributed by atoms with Gasteiger partial charge in [0.25, 0.3) is 11.5 Å². The Hall–Kier alpha value is -3.26. The summed E-state index contributed by atoms with van der Waals surface area (Å²) in [4.78, 5) is 40.8. The van der Waals surface area contributed by atoms with Gasteiger partial charge in [0.15, 0.2) is 0 Å². The zero-order valence-electron chi connectivity index (χ0n) is 18.5. The van der Waals surface area contributed by atoms with Gasteiger partial charge in [0, 0.05) is 50.5 Å². The van der Waals surface area contributed by atoms with Crippen LogP contribution in [0.2, 0.25) is 0 Å². The van der Waals surface area contributed by atoms with Gasteiger partial charge in [-0.25, -0.2) is 4.98 Å². The van der Waals surface area contributed by atoms with Crippen LogP contribution in [-0.4, -0.2) is 58.0 Å². The van der Waals surface area contributed by atoms with E-state index in [0.29, 0.717) is 11.7 Å². The second-order valence-corrected chi connectivity index (χ2v) is 8.86. The van der Waals surface area contributed by atoms with Crippen LogP contribution in [-0.2, 0) is 6.54 Å². The van der Waals surface area contributed by atoms with E-state index in [2.05, 4.69) is 30.1 Å². The van der Waals surface area contributed by atoms with Crippen LogP contribution in [0.5, 0.6) is 0 Å². The molecule has 0 bridgehead atoms. The molecule has 1 aliphatic carbocycles. The highest BCUT2D eigenvalue weighted by atomic mass is 16.2. The smallest absolute Gasteiger partial charge is 0.270 e. The number of aromatic nitrogens is 3. The van der Waals surface area contributed by atoms with Gasteiger partial charge >= 0.3 is 0 Å². The van der Waals surface area contributed by atoms with Crippen molar-refractivity contribution >= 4 is 22.6 Å². The van der Waals surface area contributed by atoms with Crippen LogP contribution < -0.4 is 15.8 Å². The summed E-state index contributed by atoms with van der Waals surface area (Å²) < 4.78 is 0.